The van der Waals surface area contributed by atoms with Gasteiger partial charge in [0.15, 0.2) is 23.0 Å². The number of hydrogen-bond donors (Lipinski definition) is 4. The van der Waals surface area contributed by atoms with Crippen LogP contribution >= 0.6 is 0 Å². The molecule has 0 atom stereocenters. The minimum absolute atomic E-state index is 0. The first-order valence-corrected chi connectivity index (χ1v) is 10.4. The molecule has 4 aromatic rings. The van der Waals surface area contributed by atoms with E-state index in [9.17, 15) is 0 Å². The summed E-state index contributed by atoms with van der Waals surface area (Å²) in [4.78, 5) is 27.2. The maximum absolute atomic E-state index is 4.94. The molecule has 0 unspecified atom stereocenters. The molecule has 0 saturated carbocycles. The van der Waals surface area contributed by atoms with Gasteiger partial charge in [0.2, 0.25) is 12.7 Å². The van der Waals surface area contributed by atoms with Crippen molar-refractivity contribution in [3.63, 3.8) is 0 Å². The number of halogens is 2. The highest BCUT2D eigenvalue weighted by Crippen LogP contribution is 2.20. The summed E-state index contributed by atoms with van der Waals surface area (Å²) in [5, 5.41) is 0. The second kappa shape index (κ2) is 15.9. The molecule has 34 heavy (non-hydrogen) atoms. The summed E-state index contributed by atoms with van der Waals surface area (Å²) in [5.41, 5.74) is 3.67. The highest BCUT2D eigenvalue weighted by Gasteiger charge is 2.13. The van der Waals surface area contributed by atoms with Gasteiger partial charge >= 0.3 is 0 Å². The number of rotatable bonds is 3. The third-order valence-electron chi connectivity index (χ3n) is 4.52. The number of hydrogen-bond acceptors (Lipinski definition) is 6. The molecule has 0 radical (unpaired) electrons. The Hall–Kier alpha value is -1.86. The van der Waals surface area contributed by atoms with Crippen LogP contribution in [0, 0.1) is 0 Å². The fourth-order valence-electron chi connectivity index (χ4n) is 2.92. The number of H-pyrrole nitrogens is 6. The summed E-state index contributed by atoms with van der Waals surface area (Å²) >= 11 is 0. The van der Waals surface area contributed by atoms with Gasteiger partial charge in [0.05, 0.1) is 65.2 Å². The number of nitrogens with one attached hydrogen (secondary N) is 6. The van der Waals surface area contributed by atoms with Crippen LogP contribution < -0.4 is 57.9 Å². The van der Waals surface area contributed by atoms with Crippen LogP contribution in [0.3, 0.4) is 0 Å². The number of aromatic amines is 6. The number of aromatic nitrogens is 8. The van der Waals surface area contributed by atoms with Crippen molar-refractivity contribution in [3.05, 3.63) is 37.4 Å². The van der Waals surface area contributed by atoms with Crippen molar-refractivity contribution < 1.29 is 76.9 Å². The maximum Gasteiger partial charge on any atom is 0.239 e. The summed E-state index contributed by atoms with van der Waals surface area (Å²) in [6.45, 7) is 6.22. The molecule has 12 nitrogen and oxygen atoms in total. The fraction of sp³-hybridized carbons (Fsp3) is 0.400. The van der Waals surface area contributed by atoms with Crippen molar-refractivity contribution in [2.45, 2.75) is 0 Å². The van der Waals surface area contributed by atoms with E-state index in [-0.39, 0.29) is 48.0 Å². The molecule has 0 aromatic carbocycles. The zero-order valence-electron chi connectivity index (χ0n) is 18.4. The molecule has 2 aliphatic rings. The van der Waals surface area contributed by atoms with Gasteiger partial charge in [0, 0.05) is 0 Å². The van der Waals surface area contributed by atoms with Crippen LogP contribution in [0.1, 0.15) is 0 Å². The minimum Gasteiger partial charge on any atom is -1.00 e. The van der Waals surface area contributed by atoms with Crippen molar-refractivity contribution in [2.24, 2.45) is 0 Å². The summed E-state index contributed by atoms with van der Waals surface area (Å²) in [6.07, 6.45) is 10.8. The van der Waals surface area contributed by atoms with E-state index >= 15 is 0 Å². The van der Waals surface area contributed by atoms with Crippen molar-refractivity contribution >= 4 is 0 Å². The Balaban J connectivity index is 0.000000242. The zero-order valence-corrected chi connectivity index (χ0v) is 22.7. The van der Waals surface area contributed by atoms with Crippen LogP contribution in [0.25, 0.3) is 34.4 Å². The number of ether oxygens (including phenoxy) is 4. The first-order chi connectivity index (χ1) is 15.9. The summed E-state index contributed by atoms with van der Waals surface area (Å²) in [6, 6.07) is 0. The van der Waals surface area contributed by atoms with Gasteiger partial charge in [0.1, 0.15) is 23.8 Å². The van der Waals surface area contributed by atoms with E-state index in [1.54, 1.807) is 25.0 Å². The third kappa shape index (κ3) is 8.73. The van der Waals surface area contributed by atoms with Crippen LogP contribution in [0.2, 0.25) is 0 Å². The van der Waals surface area contributed by atoms with Crippen LogP contribution in [-0.2, 0) is 18.9 Å². The van der Waals surface area contributed by atoms with E-state index in [4.69, 9.17) is 18.9 Å². The van der Waals surface area contributed by atoms with Gasteiger partial charge in [-0.3, -0.25) is 0 Å². The lowest BCUT2D eigenvalue weighted by Crippen LogP contribution is -3.00. The van der Waals surface area contributed by atoms with Gasteiger partial charge in [-0.05, 0) is 0 Å². The third-order valence-corrected chi connectivity index (χ3v) is 4.52. The van der Waals surface area contributed by atoms with Crippen molar-refractivity contribution in [1.29, 1.82) is 0 Å². The molecular weight excluding hydrogens is 670 g/mol. The highest BCUT2D eigenvalue weighted by molar-refractivity contribution is 5.60. The Kier molecular flexibility index (Phi) is 13.3. The van der Waals surface area contributed by atoms with Gasteiger partial charge < -0.3 is 76.9 Å². The average molecular weight is 698 g/mol. The van der Waals surface area contributed by atoms with Crippen molar-refractivity contribution in [2.75, 3.05) is 52.9 Å². The van der Waals surface area contributed by atoms with Gasteiger partial charge in [-0.15, -0.1) is 0 Å². The van der Waals surface area contributed by atoms with Gasteiger partial charge in [-0.25, -0.2) is 29.9 Å². The molecule has 0 amide bonds. The molecule has 6 N–H and O–H groups in total. The topological polar surface area (TPSA) is 154 Å². The van der Waals surface area contributed by atoms with E-state index in [2.05, 4.69) is 39.9 Å². The predicted octanol–water partition coefficient (Wildman–Crippen LogP) is -5.51. The van der Waals surface area contributed by atoms with E-state index in [1.165, 1.54) is 0 Å². The van der Waals surface area contributed by atoms with Crippen LogP contribution in [0.4, 0.5) is 0 Å². The Bertz CT molecular complexity index is 910. The lowest BCUT2D eigenvalue weighted by Gasteiger charge is -2.09. The summed E-state index contributed by atoms with van der Waals surface area (Å²) in [5.74, 6) is 1.38. The van der Waals surface area contributed by atoms with Crippen molar-refractivity contribution in [3.8, 4) is 34.4 Å². The molecule has 14 heteroatoms. The largest absolute Gasteiger partial charge is 1.00 e. The van der Waals surface area contributed by atoms with Gasteiger partial charge in [0.25, 0.3) is 0 Å². The molecule has 0 bridgehead atoms. The SMILES string of the molecule is C1COCCO1.C1COCCO1.[I-].[I-].c1[nH]c(-c2cnc(-c3ncc(-c4c[nH+]c[nH]4)[nH]3)[nH]2)c[nH+]1. The summed E-state index contributed by atoms with van der Waals surface area (Å²) in [7, 11) is 0. The second-order valence-corrected chi connectivity index (χ2v) is 6.77. The molecule has 2 aliphatic heterocycles. The molecule has 0 spiro atoms. The molecule has 2 fully saturated rings. The predicted molar refractivity (Wildman–Crippen MR) is 112 cm³/mol. The van der Waals surface area contributed by atoms with Gasteiger partial charge in [-0.1, -0.05) is 0 Å². The van der Waals surface area contributed by atoms with E-state index in [0.717, 1.165) is 75.6 Å². The molecule has 0 aliphatic carbocycles. The maximum atomic E-state index is 4.94. The second-order valence-electron chi connectivity index (χ2n) is 6.77. The highest BCUT2D eigenvalue weighted by atomic mass is 127. The van der Waals surface area contributed by atoms with E-state index in [0.29, 0.717) is 11.6 Å². The monoisotopic (exact) mass is 698 g/mol. The lowest BCUT2D eigenvalue weighted by atomic mass is 10.4. The van der Waals surface area contributed by atoms with E-state index in [1.807, 2.05) is 12.4 Å². The lowest BCUT2D eigenvalue weighted by molar-refractivity contribution is -0.375. The molecule has 186 valence electrons. The standard InChI is InChI=1S/C12H10N8.2C4H8O2.2HI/c1-7(17-5-13-1)9-3-15-11(19-9)12-16-4-10(20-12)8-2-14-6-18-8;2*1-2-6-4-3-5-1;;/h1-6H,(H,13,17)(H,14,18)(H,15,19)(H,16,20);2*1-4H2;2*1H. The minimum atomic E-state index is 0. The number of imidazole rings is 4. The quantitative estimate of drug-likeness (QED) is 0.157. The normalized spacial score (nSPS) is 14.9. The molecule has 2 saturated heterocycles. The average Bonchev–Trinajstić information content (AvgIpc) is 3.68. The molecule has 4 aromatic heterocycles. The zero-order chi connectivity index (χ0) is 21.8. The first-order valence-electron chi connectivity index (χ1n) is 10.4. The Morgan fingerprint density at radius 2 is 0.912 bits per heavy atom. The fourth-order valence-corrected chi connectivity index (χ4v) is 2.92. The molecular formula is C20H28I2N8O4. The van der Waals surface area contributed by atoms with Crippen molar-refractivity contribution in [1.82, 2.24) is 29.9 Å². The smallest absolute Gasteiger partial charge is 0.239 e. The first kappa shape index (κ1) is 28.4. The van der Waals surface area contributed by atoms with Crippen LogP contribution in [0.5, 0.6) is 0 Å². The molecule has 6 heterocycles. The van der Waals surface area contributed by atoms with Crippen LogP contribution in [-0.4, -0.2) is 82.8 Å². The van der Waals surface area contributed by atoms with Crippen LogP contribution in [0.15, 0.2) is 37.4 Å². The summed E-state index contributed by atoms with van der Waals surface area (Å²) < 4.78 is 19.8. The van der Waals surface area contributed by atoms with Gasteiger partial charge in [-0.2, -0.15) is 0 Å². The Morgan fingerprint density at radius 1 is 0.559 bits per heavy atom. The Morgan fingerprint density at radius 3 is 1.18 bits per heavy atom. The van der Waals surface area contributed by atoms with E-state index < -0.39 is 0 Å². The number of nitrogens with zero attached hydrogens (tertiary/aromatic N) is 2. The Labute approximate surface area is 230 Å². The molecule has 6 rings (SSSR count).